The number of hydrogen-bond acceptors (Lipinski definition) is 4. The molecule has 0 aromatic rings. The molecule has 0 radical (unpaired) electrons. The van der Waals surface area contributed by atoms with Crippen molar-refractivity contribution in [1.29, 1.82) is 0 Å². The molecule has 0 rings (SSSR count). The Morgan fingerprint density at radius 3 is 2.41 bits per heavy atom. The van der Waals surface area contributed by atoms with Gasteiger partial charge in [-0.2, -0.15) is 8.42 Å². The van der Waals surface area contributed by atoms with E-state index in [1.54, 1.807) is 0 Å². The molecule has 0 aliphatic carbocycles. The zero-order valence-electron chi connectivity index (χ0n) is 10.7. The van der Waals surface area contributed by atoms with Gasteiger partial charge in [-0.3, -0.25) is 8.98 Å². The summed E-state index contributed by atoms with van der Waals surface area (Å²) in [6.45, 7) is 8.52. The summed E-state index contributed by atoms with van der Waals surface area (Å²) in [5.74, 6) is -0.523. The third kappa shape index (κ3) is 4.47. The molecule has 100 valence electrons. The number of carbonyl (C=O) groups excluding carboxylic acids is 1. The van der Waals surface area contributed by atoms with Crippen molar-refractivity contribution in [2.24, 2.45) is 0 Å². The fraction of sp³-hybridized carbons (Fsp3) is 0.727. The molecule has 6 heteroatoms. The van der Waals surface area contributed by atoms with Crippen LogP contribution in [0.4, 0.5) is 0 Å². The van der Waals surface area contributed by atoms with Gasteiger partial charge in [-0.1, -0.05) is 26.8 Å². The summed E-state index contributed by atoms with van der Waals surface area (Å²) < 4.78 is 28.8. The first-order valence-corrected chi connectivity index (χ1v) is 7.07. The molecular formula is C11H21NO4S. The van der Waals surface area contributed by atoms with Gasteiger partial charge in [0.1, 0.15) is 0 Å². The van der Waals surface area contributed by atoms with Crippen LogP contribution >= 0.6 is 0 Å². The molecule has 17 heavy (non-hydrogen) atoms. The van der Waals surface area contributed by atoms with Gasteiger partial charge < -0.3 is 5.32 Å². The van der Waals surface area contributed by atoms with Crippen LogP contribution in [0.5, 0.6) is 0 Å². The van der Waals surface area contributed by atoms with E-state index in [1.807, 2.05) is 13.8 Å². The number of carbonyl (C=O) groups is 1. The molecule has 0 bridgehead atoms. The van der Waals surface area contributed by atoms with Crippen molar-refractivity contribution in [3.63, 3.8) is 0 Å². The first-order chi connectivity index (χ1) is 7.83. The summed E-state index contributed by atoms with van der Waals surface area (Å²) in [7, 11) is -3.83. The van der Waals surface area contributed by atoms with Crippen LogP contribution in [0.15, 0.2) is 12.7 Å². The maximum atomic E-state index is 12.0. The molecule has 1 amide bonds. The Morgan fingerprint density at radius 2 is 2.00 bits per heavy atom. The van der Waals surface area contributed by atoms with Gasteiger partial charge in [0.05, 0.1) is 6.61 Å². The molecule has 0 aromatic heterocycles. The molecule has 0 heterocycles. The lowest BCUT2D eigenvalue weighted by Gasteiger charge is -2.28. The average Bonchev–Trinajstić information content (AvgIpc) is 2.26. The van der Waals surface area contributed by atoms with E-state index >= 15 is 0 Å². The van der Waals surface area contributed by atoms with Gasteiger partial charge in [-0.15, -0.1) is 0 Å². The second-order valence-corrected chi connectivity index (χ2v) is 6.00. The van der Waals surface area contributed by atoms with Crippen LogP contribution in [0.25, 0.3) is 0 Å². The van der Waals surface area contributed by atoms with Crippen LogP contribution in [-0.4, -0.2) is 25.8 Å². The lowest BCUT2D eigenvalue weighted by atomic mass is 10.2. The number of rotatable bonds is 8. The molecule has 5 nitrogen and oxygen atoms in total. The monoisotopic (exact) mass is 263 g/mol. The SMILES string of the molecule is C=CC(=O)NC(C)(CCC)S(=O)(=O)OCCC. The van der Waals surface area contributed by atoms with Gasteiger partial charge >= 0.3 is 0 Å². The van der Waals surface area contributed by atoms with Crippen LogP contribution in [0.3, 0.4) is 0 Å². The molecule has 0 spiro atoms. The fourth-order valence-electron chi connectivity index (χ4n) is 1.36. The third-order valence-corrected chi connectivity index (χ3v) is 4.18. The van der Waals surface area contributed by atoms with E-state index in [0.29, 0.717) is 19.3 Å². The Balaban J connectivity index is 5.03. The highest BCUT2D eigenvalue weighted by molar-refractivity contribution is 7.88. The fourth-order valence-corrected chi connectivity index (χ4v) is 2.69. The molecular weight excluding hydrogens is 242 g/mol. The zero-order valence-corrected chi connectivity index (χ0v) is 11.5. The Labute approximate surface area is 103 Å². The highest BCUT2D eigenvalue weighted by Gasteiger charge is 2.40. The predicted molar refractivity (Wildman–Crippen MR) is 66.8 cm³/mol. The smallest absolute Gasteiger partial charge is 0.291 e. The van der Waals surface area contributed by atoms with E-state index in [0.717, 1.165) is 6.08 Å². The van der Waals surface area contributed by atoms with Crippen LogP contribution in [0, 0.1) is 0 Å². The van der Waals surface area contributed by atoms with Gasteiger partial charge in [0, 0.05) is 0 Å². The van der Waals surface area contributed by atoms with Crippen molar-refractivity contribution in [3.8, 4) is 0 Å². The van der Waals surface area contributed by atoms with Gasteiger partial charge in [0.15, 0.2) is 4.87 Å². The van der Waals surface area contributed by atoms with Crippen LogP contribution < -0.4 is 5.32 Å². The zero-order chi connectivity index (χ0) is 13.5. The minimum Gasteiger partial charge on any atom is -0.332 e. The highest BCUT2D eigenvalue weighted by Crippen LogP contribution is 2.22. The van der Waals surface area contributed by atoms with Crippen molar-refractivity contribution in [3.05, 3.63) is 12.7 Å². The summed E-state index contributed by atoms with van der Waals surface area (Å²) in [6, 6.07) is 0. The summed E-state index contributed by atoms with van der Waals surface area (Å²) in [4.78, 5) is 9.87. The summed E-state index contributed by atoms with van der Waals surface area (Å²) >= 11 is 0. The van der Waals surface area contributed by atoms with Crippen LogP contribution in [-0.2, 0) is 19.1 Å². The van der Waals surface area contributed by atoms with Crippen molar-refractivity contribution >= 4 is 16.0 Å². The molecule has 0 fully saturated rings. The largest absolute Gasteiger partial charge is 0.332 e. The van der Waals surface area contributed by atoms with Gasteiger partial charge in [0.2, 0.25) is 5.91 Å². The normalized spacial score (nSPS) is 15.0. The maximum Gasteiger partial charge on any atom is 0.291 e. The topological polar surface area (TPSA) is 72.5 Å². The van der Waals surface area contributed by atoms with E-state index in [-0.39, 0.29) is 6.61 Å². The van der Waals surface area contributed by atoms with Crippen molar-refractivity contribution in [2.45, 2.75) is 44.9 Å². The second-order valence-electron chi connectivity index (χ2n) is 3.95. The lowest BCUT2D eigenvalue weighted by Crippen LogP contribution is -2.52. The van der Waals surface area contributed by atoms with Gasteiger partial charge in [0.25, 0.3) is 10.1 Å². The minimum atomic E-state index is -3.83. The number of hydrogen-bond donors (Lipinski definition) is 1. The maximum absolute atomic E-state index is 12.0. The number of amides is 1. The Morgan fingerprint density at radius 1 is 1.41 bits per heavy atom. The minimum absolute atomic E-state index is 0.117. The Hall–Kier alpha value is -0.880. The van der Waals surface area contributed by atoms with Crippen LogP contribution in [0.1, 0.15) is 40.0 Å². The van der Waals surface area contributed by atoms with Gasteiger partial charge in [-0.05, 0) is 25.8 Å². The van der Waals surface area contributed by atoms with Crippen LogP contribution in [0.2, 0.25) is 0 Å². The average molecular weight is 263 g/mol. The van der Waals surface area contributed by atoms with E-state index in [1.165, 1.54) is 6.92 Å². The molecule has 1 atom stereocenters. The second kappa shape index (κ2) is 6.76. The first-order valence-electron chi connectivity index (χ1n) is 5.66. The first kappa shape index (κ1) is 16.1. The summed E-state index contributed by atoms with van der Waals surface area (Å²) in [5.41, 5.74) is 0. The predicted octanol–water partition coefficient (Wildman–Crippen LogP) is 1.56. The molecule has 0 aromatic carbocycles. The Kier molecular flexibility index (Phi) is 6.41. The van der Waals surface area contributed by atoms with E-state index in [9.17, 15) is 13.2 Å². The summed E-state index contributed by atoms with van der Waals surface area (Å²) in [5, 5.41) is 2.42. The van der Waals surface area contributed by atoms with Gasteiger partial charge in [-0.25, -0.2) is 0 Å². The summed E-state index contributed by atoms with van der Waals surface area (Å²) in [6.07, 6.45) is 2.54. The van der Waals surface area contributed by atoms with Crippen molar-refractivity contribution in [1.82, 2.24) is 5.32 Å². The number of nitrogens with one attached hydrogen (secondary N) is 1. The molecule has 1 N–H and O–H groups in total. The standard InChI is InChI=1S/C11H21NO4S/c1-5-8-11(4,12-10(13)7-3)17(14,15)16-9-6-2/h7H,3,5-6,8-9H2,1-2,4H3,(H,12,13). The molecule has 0 saturated heterocycles. The molecule has 0 aliphatic heterocycles. The third-order valence-electron chi connectivity index (χ3n) is 2.29. The molecule has 0 saturated carbocycles. The van der Waals surface area contributed by atoms with Crippen molar-refractivity contribution in [2.75, 3.05) is 6.61 Å². The van der Waals surface area contributed by atoms with E-state index in [2.05, 4.69) is 11.9 Å². The Bertz CT molecular complexity index is 364. The molecule has 0 aliphatic rings. The van der Waals surface area contributed by atoms with E-state index in [4.69, 9.17) is 4.18 Å². The van der Waals surface area contributed by atoms with E-state index < -0.39 is 20.9 Å². The quantitative estimate of drug-likeness (QED) is 0.533. The van der Waals surface area contributed by atoms with Crippen molar-refractivity contribution < 1.29 is 17.4 Å². The lowest BCUT2D eigenvalue weighted by molar-refractivity contribution is -0.117. The molecule has 1 unspecified atom stereocenters. The highest BCUT2D eigenvalue weighted by atomic mass is 32.2.